The van der Waals surface area contributed by atoms with Gasteiger partial charge in [-0.25, -0.2) is 4.79 Å². The second kappa shape index (κ2) is 7.42. The fraction of sp³-hybridized carbons (Fsp3) is 0.471. The first-order chi connectivity index (χ1) is 10.6. The van der Waals surface area contributed by atoms with Gasteiger partial charge in [0.15, 0.2) is 0 Å². The normalized spacial score (nSPS) is 11.2. The van der Waals surface area contributed by atoms with Gasteiger partial charge in [-0.1, -0.05) is 6.92 Å². The molecule has 0 spiro atoms. The molecule has 2 rings (SSSR count). The minimum Gasteiger partial charge on any atom is -0.478 e. The molecule has 2 aromatic rings. The lowest BCUT2D eigenvalue weighted by Gasteiger charge is -2.08. The summed E-state index contributed by atoms with van der Waals surface area (Å²) in [6.07, 6.45) is 5.49. The molecule has 0 saturated carbocycles. The number of carbonyl (C=O) groups is 1. The van der Waals surface area contributed by atoms with Gasteiger partial charge >= 0.3 is 5.97 Å². The SMILES string of the molecule is CCc1cc(C(=O)O)c2c(c1)c(CCCN)cn2CCCN. The zero-order chi connectivity index (χ0) is 16.1. The highest BCUT2D eigenvalue weighted by molar-refractivity contribution is 6.03. The van der Waals surface area contributed by atoms with Gasteiger partial charge in [-0.05, 0) is 62.0 Å². The lowest BCUT2D eigenvalue weighted by Crippen LogP contribution is -2.07. The second-order valence-corrected chi connectivity index (χ2v) is 5.58. The van der Waals surface area contributed by atoms with Crippen molar-refractivity contribution in [2.45, 2.75) is 39.2 Å². The van der Waals surface area contributed by atoms with Gasteiger partial charge in [-0.15, -0.1) is 0 Å². The van der Waals surface area contributed by atoms with Crippen LogP contribution in [0.4, 0.5) is 0 Å². The fourth-order valence-electron chi connectivity index (χ4n) is 2.87. The van der Waals surface area contributed by atoms with Gasteiger partial charge in [-0.3, -0.25) is 0 Å². The van der Waals surface area contributed by atoms with Gasteiger partial charge in [0.1, 0.15) is 0 Å². The summed E-state index contributed by atoms with van der Waals surface area (Å²) in [5.74, 6) is -0.877. The van der Waals surface area contributed by atoms with Gasteiger partial charge in [0.2, 0.25) is 0 Å². The van der Waals surface area contributed by atoms with Gasteiger partial charge < -0.3 is 21.1 Å². The van der Waals surface area contributed by atoms with Crippen LogP contribution >= 0.6 is 0 Å². The van der Waals surface area contributed by atoms with Crippen LogP contribution in [0.15, 0.2) is 18.3 Å². The Balaban J connectivity index is 2.64. The van der Waals surface area contributed by atoms with E-state index >= 15 is 0 Å². The smallest absolute Gasteiger partial charge is 0.337 e. The lowest BCUT2D eigenvalue weighted by atomic mass is 10.0. The van der Waals surface area contributed by atoms with Crippen molar-refractivity contribution in [3.05, 3.63) is 35.0 Å². The first-order valence-corrected chi connectivity index (χ1v) is 7.90. The molecule has 0 aliphatic carbocycles. The summed E-state index contributed by atoms with van der Waals surface area (Å²) in [4.78, 5) is 11.7. The van der Waals surface area contributed by atoms with Crippen LogP contribution in [-0.4, -0.2) is 28.7 Å². The number of hydrogen-bond acceptors (Lipinski definition) is 3. The van der Waals surface area contributed by atoms with Gasteiger partial charge in [0.05, 0.1) is 11.1 Å². The Hall–Kier alpha value is -1.85. The number of aromatic nitrogens is 1. The van der Waals surface area contributed by atoms with Crippen molar-refractivity contribution in [1.29, 1.82) is 0 Å². The number of hydrogen-bond donors (Lipinski definition) is 3. The van der Waals surface area contributed by atoms with E-state index in [2.05, 4.69) is 12.3 Å². The van der Waals surface area contributed by atoms with Crippen molar-refractivity contribution in [3.8, 4) is 0 Å². The Morgan fingerprint density at radius 2 is 1.95 bits per heavy atom. The third-order valence-electron chi connectivity index (χ3n) is 4.01. The molecule has 5 N–H and O–H groups in total. The maximum absolute atomic E-state index is 11.7. The van der Waals surface area contributed by atoms with E-state index < -0.39 is 5.97 Å². The molecule has 0 bridgehead atoms. The Morgan fingerprint density at radius 1 is 1.23 bits per heavy atom. The molecule has 1 aromatic carbocycles. The molecule has 0 atom stereocenters. The van der Waals surface area contributed by atoms with E-state index in [9.17, 15) is 9.90 Å². The van der Waals surface area contributed by atoms with Gasteiger partial charge in [-0.2, -0.15) is 0 Å². The van der Waals surface area contributed by atoms with Crippen molar-refractivity contribution < 1.29 is 9.90 Å². The number of aromatic carboxylic acids is 1. The summed E-state index contributed by atoms with van der Waals surface area (Å²) in [6.45, 7) is 4.00. The molecule has 0 unspecified atom stereocenters. The molecule has 0 aliphatic heterocycles. The lowest BCUT2D eigenvalue weighted by molar-refractivity contribution is 0.0698. The third kappa shape index (κ3) is 3.31. The molecule has 1 heterocycles. The summed E-state index contributed by atoms with van der Waals surface area (Å²) >= 11 is 0. The standard InChI is InChI=1S/C17H25N3O2/c1-2-12-9-14-13(5-3-6-18)11-20(8-4-7-19)16(14)15(10-12)17(21)22/h9-11H,2-8,18-19H2,1H3,(H,21,22). The van der Waals surface area contributed by atoms with Crippen LogP contribution < -0.4 is 11.5 Å². The Morgan fingerprint density at radius 3 is 2.55 bits per heavy atom. The molecule has 0 saturated heterocycles. The maximum atomic E-state index is 11.7. The van der Waals surface area contributed by atoms with Crippen molar-refractivity contribution in [1.82, 2.24) is 4.57 Å². The zero-order valence-electron chi connectivity index (χ0n) is 13.1. The monoisotopic (exact) mass is 303 g/mol. The van der Waals surface area contributed by atoms with Crippen LogP contribution in [0.25, 0.3) is 10.9 Å². The second-order valence-electron chi connectivity index (χ2n) is 5.58. The molecule has 5 nitrogen and oxygen atoms in total. The van der Waals surface area contributed by atoms with E-state index in [1.165, 1.54) is 5.56 Å². The van der Waals surface area contributed by atoms with Crippen LogP contribution in [0.3, 0.4) is 0 Å². The summed E-state index contributed by atoms with van der Waals surface area (Å²) < 4.78 is 2.04. The first-order valence-electron chi connectivity index (χ1n) is 7.90. The molecule has 0 aliphatic rings. The molecule has 1 aromatic heterocycles. The number of fused-ring (bicyclic) bond motifs is 1. The number of benzene rings is 1. The molecule has 5 heteroatoms. The van der Waals surface area contributed by atoms with Crippen molar-refractivity contribution >= 4 is 16.9 Å². The van der Waals surface area contributed by atoms with Crippen LogP contribution in [0.2, 0.25) is 0 Å². The molecule has 0 fully saturated rings. The minimum absolute atomic E-state index is 0.380. The molecular weight excluding hydrogens is 278 g/mol. The van der Waals surface area contributed by atoms with Crippen molar-refractivity contribution in [2.24, 2.45) is 11.5 Å². The largest absolute Gasteiger partial charge is 0.478 e. The highest BCUT2D eigenvalue weighted by atomic mass is 16.4. The predicted octanol–water partition coefficient (Wildman–Crippen LogP) is 2.14. The van der Waals surface area contributed by atoms with Crippen LogP contribution in [0.1, 0.15) is 41.3 Å². The predicted molar refractivity (Wildman–Crippen MR) is 89.3 cm³/mol. The Bertz CT molecular complexity index is 661. The number of rotatable bonds is 8. The van der Waals surface area contributed by atoms with E-state index in [1.807, 2.05) is 11.5 Å². The molecular formula is C17H25N3O2. The third-order valence-corrected chi connectivity index (χ3v) is 4.01. The average molecular weight is 303 g/mol. The number of nitrogens with zero attached hydrogens (tertiary/aromatic N) is 1. The van der Waals surface area contributed by atoms with E-state index in [4.69, 9.17) is 11.5 Å². The topological polar surface area (TPSA) is 94.3 Å². The molecule has 120 valence electrons. The molecule has 0 radical (unpaired) electrons. The first kappa shape index (κ1) is 16.5. The van der Waals surface area contributed by atoms with Gasteiger partial charge in [0, 0.05) is 18.1 Å². The van der Waals surface area contributed by atoms with E-state index in [0.717, 1.165) is 48.7 Å². The molecule has 0 amide bonds. The highest BCUT2D eigenvalue weighted by Gasteiger charge is 2.17. The highest BCUT2D eigenvalue weighted by Crippen LogP contribution is 2.28. The Labute approximate surface area is 130 Å². The summed E-state index contributed by atoms with van der Waals surface area (Å²) in [7, 11) is 0. The summed E-state index contributed by atoms with van der Waals surface area (Å²) in [6, 6.07) is 3.91. The average Bonchev–Trinajstić information content (AvgIpc) is 2.87. The van der Waals surface area contributed by atoms with Crippen LogP contribution in [0, 0.1) is 0 Å². The summed E-state index contributed by atoms with van der Waals surface area (Å²) in [5, 5.41) is 10.6. The quantitative estimate of drug-likeness (QED) is 0.696. The number of aryl methyl sites for hydroxylation is 3. The van der Waals surface area contributed by atoms with Crippen molar-refractivity contribution in [2.75, 3.05) is 13.1 Å². The number of carboxylic acids is 1. The zero-order valence-corrected chi connectivity index (χ0v) is 13.1. The van der Waals surface area contributed by atoms with E-state index in [-0.39, 0.29) is 0 Å². The minimum atomic E-state index is -0.877. The summed E-state index contributed by atoms with van der Waals surface area (Å²) in [5.41, 5.74) is 14.6. The van der Waals surface area contributed by atoms with Crippen molar-refractivity contribution in [3.63, 3.8) is 0 Å². The van der Waals surface area contributed by atoms with Crippen LogP contribution in [-0.2, 0) is 19.4 Å². The van der Waals surface area contributed by atoms with E-state index in [1.54, 1.807) is 6.07 Å². The fourth-order valence-corrected chi connectivity index (χ4v) is 2.87. The number of nitrogens with two attached hydrogens (primary N) is 2. The Kier molecular flexibility index (Phi) is 5.57. The van der Waals surface area contributed by atoms with Gasteiger partial charge in [0.25, 0.3) is 0 Å². The van der Waals surface area contributed by atoms with E-state index in [0.29, 0.717) is 18.7 Å². The van der Waals surface area contributed by atoms with Crippen LogP contribution in [0.5, 0.6) is 0 Å². The molecule has 22 heavy (non-hydrogen) atoms. The maximum Gasteiger partial charge on any atom is 0.337 e. The number of carboxylic acid groups (broad SMARTS) is 1.